The maximum Gasteiger partial charge on any atom is 0.244 e. The maximum atomic E-state index is 11.8. The lowest BCUT2D eigenvalue weighted by atomic mass is 10.1. The molecule has 1 heterocycles. The highest BCUT2D eigenvalue weighted by molar-refractivity contribution is 7.80. The minimum Gasteiger partial charge on any atom is -0.497 e. The summed E-state index contributed by atoms with van der Waals surface area (Å²) in [7, 11) is 5.51. The SMILES string of the molecule is COc1ccc([C@@H](CN=CC2C(=O)NC(=S)NC2=O)N(C)C)cc1. The largest absolute Gasteiger partial charge is 0.497 e. The Morgan fingerprint density at radius 2 is 1.83 bits per heavy atom. The third-order valence-corrected chi connectivity index (χ3v) is 3.90. The second-order valence-electron chi connectivity index (χ2n) is 5.55. The van der Waals surface area contributed by atoms with Crippen molar-refractivity contribution in [2.75, 3.05) is 27.7 Å². The van der Waals surface area contributed by atoms with Crippen molar-refractivity contribution in [3.05, 3.63) is 29.8 Å². The predicted molar refractivity (Wildman–Crippen MR) is 95.2 cm³/mol. The van der Waals surface area contributed by atoms with Crippen LogP contribution in [0.15, 0.2) is 29.3 Å². The second-order valence-corrected chi connectivity index (χ2v) is 5.96. The van der Waals surface area contributed by atoms with Crippen LogP contribution in [0, 0.1) is 5.92 Å². The Balaban J connectivity index is 2.06. The second kappa shape index (κ2) is 7.98. The van der Waals surface area contributed by atoms with Gasteiger partial charge < -0.3 is 20.3 Å². The highest BCUT2D eigenvalue weighted by Crippen LogP contribution is 2.21. The van der Waals surface area contributed by atoms with Gasteiger partial charge >= 0.3 is 0 Å². The summed E-state index contributed by atoms with van der Waals surface area (Å²) in [6, 6.07) is 7.73. The summed E-state index contributed by atoms with van der Waals surface area (Å²) in [6.45, 7) is 0.417. The molecule has 1 atom stereocenters. The average Bonchev–Trinajstić information content (AvgIpc) is 2.53. The Bertz CT molecular complexity index is 638. The molecule has 1 saturated heterocycles. The Kier molecular flexibility index (Phi) is 5.99. The standard InChI is InChI=1S/C16H20N4O3S/c1-20(2)13(10-4-6-11(23-3)7-5-10)9-17-8-12-14(21)18-16(24)19-15(12)22/h4-8,12-13H,9H2,1-3H3,(H2,18,19,21,22,24)/t13-/m1/s1. The number of ether oxygens (including phenoxy) is 1. The molecule has 1 aliphatic heterocycles. The fourth-order valence-corrected chi connectivity index (χ4v) is 2.53. The number of nitrogens with one attached hydrogen (secondary N) is 2. The molecule has 0 aliphatic carbocycles. The number of aliphatic imine (C=N–C) groups is 1. The predicted octanol–water partition coefficient (Wildman–Crippen LogP) is 0.516. The highest BCUT2D eigenvalue weighted by atomic mass is 32.1. The topological polar surface area (TPSA) is 83.0 Å². The number of hydrogen-bond acceptors (Lipinski definition) is 6. The van der Waals surface area contributed by atoms with Gasteiger partial charge in [0, 0.05) is 6.21 Å². The van der Waals surface area contributed by atoms with Crippen LogP contribution in [0.4, 0.5) is 0 Å². The summed E-state index contributed by atoms with van der Waals surface area (Å²) >= 11 is 4.76. The molecule has 8 heteroatoms. The molecule has 0 aromatic heterocycles. The van der Waals surface area contributed by atoms with Crippen LogP contribution in [0.5, 0.6) is 5.75 Å². The van der Waals surface area contributed by atoms with E-state index in [1.807, 2.05) is 43.3 Å². The molecule has 0 radical (unpaired) electrons. The summed E-state index contributed by atoms with van der Waals surface area (Å²) in [4.78, 5) is 29.9. The molecule has 1 aromatic carbocycles. The van der Waals surface area contributed by atoms with E-state index in [1.165, 1.54) is 6.21 Å². The molecule has 2 amide bonds. The van der Waals surface area contributed by atoms with Gasteiger partial charge in [0.05, 0.1) is 19.7 Å². The molecule has 0 saturated carbocycles. The molecule has 1 aromatic rings. The highest BCUT2D eigenvalue weighted by Gasteiger charge is 2.31. The Labute approximate surface area is 146 Å². The third kappa shape index (κ3) is 4.36. The minimum absolute atomic E-state index is 0.0166. The van der Waals surface area contributed by atoms with Crippen molar-refractivity contribution in [3.8, 4) is 5.75 Å². The van der Waals surface area contributed by atoms with E-state index in [1.54, 1.807) is 7.11 Å². The van der Waals surface area contributed by atoms with Crippen LogP contribution < -0.4 is 15.4 Å². The summed E-state index contributed by atoms with van der Waals surface area (Å²) in [5.74, 6) is -1.10. The minimum atomic E-state index is -0.963. The molecule has 0 unspecified atom stereocenters. The van der Waals surface area contributed by atoms with Crippen molar-refractivity contribution in [1.82, 2.24) is 15.5 Å². The van der Waals surface area contributed by atoms with E-state index in [4.69, 9.17) is 17.0 Å². The first kappa shape index (κ1) is 18.0. The van der Waals surface area contributed by atoms with Gasteiger partial charge in [-0.15, -0.1) is 0 Å². The van der Waals surface area contributed by atoms with Crippen molar-refractivity contribution < 1.29 is 14.3 Å². The normalized spacial score (nSPS) is 17.1. The lowest BCUT2D eigenvalue weighted by Gasteiger charge is -2.24. The fourth-order valence-electron chi connectivity index (χ4n) is 2.32. The van der Waals surface area contributed by atoms with Crippen LogP contribution in [-0.4, -0.2) is 55.8 Å². The molecule has 7 nitrogen and oxygen atoms in total. The Morgan fingerprint density at radius 1 is 1.25 bits per heavy atom. The van der Waals surface area contributed by atoms with Gasteiger partial charge in [-0.2, -0.15) is 0 Å². The fraction of sp³-hybridized carbons (Fsp3) is 0.375. The van der Waals surface area contributed by atoms with Crippen LogP contribution in [0.2, 0.25) is 0 Å². The molecular weight excluding hydrogens is 328 g/mol. The van der Waals surface area contributed by atoms with Gasteiger partial charge in [0.25, 0.3) is 0 Å². The van der Waals surface area contributed by atoms with Crippen LogP contribution in [-0.2, 0) is 9.59 Å². The van der Waals surface area contributed by atoms with Gasteiger partial charge in [0.15, 0.2) is 11.0 Å². The van der Waals surface area contributed by atoms with Gasteiger partial charge in [-0.3, -0.25) is 14.6 Å². The smallest absolute Gasteiger partial charge is 0.244 e. The summed E-state index contributed by atoms with van der Waals surface area (Å²) < 4.78 is 5.16. The van der Waals surface area contributed by atoms with E-state index in [0.29, 0.717) is 6.54 Å². The van der Waals surface area contributed by atoms with E-state index in [0.717, 1.165) is 11.3 Å². The number of rotatable bonds is 6. The monoisotopic (exact) mass is 348 g/mol. The average molecular weight is 348 g/mol. The molecule has 2 N–H and O–H groups in total. The summed E-state index contributed by atoms with van der Waals surface area (Å²) in [5.41, 5.74) is 1.07. The van der Waals surface area contributed by atoms with E-state index >= 15 is 0 Å². The number of methoxy groups -OCH3 is 1. The Hall–Kier alpha value is -2.32. The van der Waals surface area contributed by atoms with Crippen molar-refractivity contribution in [1.29, 1.82) is 0 Å². The number of carbonyl (C=O) groups is 2. The van der Waals surface area contributed by atoms with Crippen molar-refractivity contribution in [3.63, 3.8) is 0 Å². The van der Waals surface area contributed by atoms with Crippen molar-refractivity contribution in [2.45, 2.75) is 6.04 Å². The molecule has 0 bridgehead atoms. The lowest BCUT2D eigenvalue weighted by molar-refractivity contribution is -0.131. The first-order valence-electron chi connectivity index (χ1n) is 7.38. The molecule has 0 spiro atoms. The zero-order chi connectivity index (χ0) is 17.7. The molecule has 24 heavy (non-hydrogen) atoms. The van der Waals surface area contributed by atoms with Gasteiger partial charge in [-0.1, -0.05) is 12.1 Å². The van der Waals surface area contributed by atoms with Crippen molar-refractivity contribution >= 4 is 35.4 Å². The lowest BCUT2D eigenvalue weighted by Crippen LogP contribution is -2.56. The van der Waals surface area contributed by atoms with E-state index in [-0.39, 0.29) is 11.2 Å². The first-order chi connectivity index (χ1) is 11.4. The van der Waals surface area contributed by atoms with Crippen LogP contribution in [0.25, 0.3) is 0 Å². The quantitative estimate of drug-likeness (QED) is 0.445. The van der Waals surface area contributed by atoms with Gasteiger partial charge in [-0.25, -0.2) is 0 Å². The zero-order valence-corrected chi connectivity index (χ0v) is 14.6. The van der Waals surface area contributed by atoms with E-state index in [9.17, 15) is 9.59 Å². The summed E-state index contributed by atoms with van der Waals surface area (Å²) in [6.07, 6.45) is 1.37. The number of hydrogen-bond donors (Lipinski definition) is 2. The molecule has 1 aliphatic rings. The number of carbonyl (C=O) groups excluding carboxylic acids is 2. The number of likely N-dealkylation sites (N-methyl/N-ethyl adjacent to an activating group) is 1. The molecular formula is C16H20N4O3S. The van der Waals surface area contributed by atoms with Gasteiger partial charge in [-0.05, 0) is 44.0 Å². The van der Waals surface area contributed by atoms with Crippen LogP contribution in [0.3, 0.4) is 0 Å². The third-order valence-electron chi connectivity index (χ3n) is 3.70. The maximum absolute atomic E-state index is 11.8. The van der Waals surface area contributed by atoms with E-state index in [2.05, 4.69) is 15.6 Å². The van der Waals surface area contributed by atoms with Crippen molar-refractivity contribution in [2.24, 2.45) is 10.9 Å². The van der Waals surface area contributed by atoms with Gasteiger partial charge in [0.2, 0.25) is 11.8 Å². The number of nitrogens with zero attached hydrogens (tertiary/aromatic N) is 2. The van der Waals surface area contributed by atoms with E-state index < -0.39 is 17.7 Å². The molecule has 2 rings (SSSR count). The number of thiocarbonyl (C=S) groups is 1. The number of amides is 2. The van der Waals surface area contributed by atoms with Crippen LogP contribution >= 0.6 is 12.2 Å². The molecule has 1 fully saturated rings. The van der Waals surface area contributed by atoms with Crippen LogP contribution in [0.1, 0.15) is 11.6 Å². The molecule has 128 valence electrons. The van der Waals surface area contributed by atoms with Gasteiger partial charge in [0.1, 0.15) is 5.75 Å². The summed E-state index contributed by atoms with van der Waals surface area (Å²) in [5, 5.41) is 4.85. The first-order valence-corrected chi connectivity index (χ1v) is 7.79. The Morgan fingerprint density at radius 3 is 2.33 bits per heavy atom. The number of benzene rings is 1. The zero-order valence-electron chi connectivity index (χ0n) is 13.8.